The first-order chi connectivity index (χ1) is 17.3. The maximum Gasteiger partial charge on any atom is 0.253 e. The molecule has 36 heavy (non-hydrogen) atoms. The molecule has 1 aliphatic heterocycles. The van der Waals surface area contributed by atoms with Crippen molar-refractivity contribution >= 4 is 16.6 Å². The van der Waals surface area contributed by atoms with Crippen LogP contribution in [0.4, 0.5) is 10.1 Å². The SMILES string of the molecule is CCC(C)(C)n1nnnc1C(c1cc2ccc(C)cc2[nH]c1=O)N1CCN(c2ccccc2F)CC1. The molecule has 2 aromatic carbocycles. The summed E-state index contributed by atoms with van der Waals surface area (Å²) in [5.74, 6) is 0.413. The van der Waals surface area contributed by atoms with Gasteiger partial charge in [-0.15, -0.1) is 5.10 Å². The Bertz CT molecular complexity index is 1440. The van der Waals surface area contributed by atoms with E-state index in [1.54, 1.807) is 6.07 Å². The van der Waals surface area contributed by atoms with Crippen molar-refractivity contribution in [3.63, 3.8) is 0 Å². The molecular weight excluding hydrogens is 457 g/mol. The summed E-state index contributed by atoms with van der Waals surface area (Å²) >= 11 is 0. The number of aromatic nitrogens is 5. The lowest BCUT2D eigenvalue weighted by molar-refractivity contribution is 0.186. The summed E-state index contributed by atoms with van der Waals surface area (Å²) in [6, 6.07) is 14.4. The van der Waals surface area contributed by atoms with E-state index in [0.717, 1.165) is 22.9 Å². The summed E-state index contributed by atoms with van der Waals surface area (Å²) in [5.41, 5.74) is 2.62. The second kappa shape index (κ2) is 9.46. The van der Waals surface area contributed by atoms with E-state index < -0.39 is 6.04 Å². The van der Waals surface area contributed by atoms with Crippen molar-refractivity contribution in [2.75, 3.05) is 31.1 Å². The highest BCUT2D eigenvalue weighted by Crippen LogP contribution is 2.32. The zero-order valence-electron chi connectivity index (χ0n) is 21.2. The van der Waals surface area contributed by atoms with E-state index in [2.05, 4.69) is 51.1 Å². The Kier molecular flexibility index (Phi) is 6.34. The number of nitrogens with zero attached hydrogens (tertiary/aromatic N) is 6. The lowest BCUT2D eigenvalue weighted by Crippen LogP contribution is -2.49. The molecule has 1 atom stereocenters. The molecule has 188 valence electrons. The van der Waals surface area contributed by atoms with Crippen LogP contribution in [0.5, 0.6) is 0 Å². The molecule has 1 N–H and O–H groups in total. The predicted molar refractivity (Wildman–Crippen MR) is 139 cm³/mol. The zero-order valence-corrected chi connectivity index (χ0v) is 21.2. The van der Waals surface area contributed by atoms with Gasteiger partial charge in [-0.25, -0.2) is 9.07 Å². The smallest absolute Gasteiger partial charge is 0.253 e. The second-order valence-electron chi connectivity index (χ2n) is 10.1. The van der Waals surface area contributed by atoms with Crippen molar-refractivity contribution < 1.29 is 4.39 Å². The number of nitrogens with one attached hydrogen (secondary N) is 1. The molecule has 1 fully saturated rings. The van der Waals surface area contributed by atoms with Gasteiger partial charge in [-0.3, -0.25) is 9.69 Å². The third-order valence-electron chi connectivity index (χ3n) is 7.37. The Labute approximate surface area is 209 Å². The number of benzene rings is 2. The van der Waals surface area contributed by atoms with Crippen molar-refractivity contribution in [1.82, 2.24) is 30.1 Å². The fraction of sp³-hybridized carbons (Fsp3) is 0.407. The van der Waals surface area contributed by atoms with E-state index >= 15 is 0 Å². The van der Waals surface area contributed by atoms with Gasteiger partial charge in [-0.05, 0) is 72.8 Å². The summed E-state index contributed by atoms with van der Waals surface area (Å²) < 4.78 is 16.3. The van der Waals surface area contributed by atoms with Gasteiger partial charge in [0.05, 0.1) is 11.2 Å². The van der Waals surface area contributed by atoms with Crippen molar-refractivity contribution in [3.05, 3.63) is 81.7 Å². The van der Waals surface area contributed by atoms with E-state index in [4.69, 9.17) is 0 Å². The minimum Gasteiger partial charge on any atom is -0.367 e. The van der Waals surface area contributed by atoms with E-state index in [1.165, 1.54) is 6.07 Å². The van der Waals surface area contributed by atoms with Crippen LogP contribution < -0.4 is 10.5 Å². The number of rotatable bonds is 6. The number of aromatic amines is 1. The monoisotopic (exact) mass is 489 g/mol. The first-order valence-corrected chi connectivity index (χ1v) is 12.4. The number of pyridine rings is 1. The van der Waals surface area contributed by atoms with Crippen LogP contribution in [0.15, 0.2) is 53.3 Å². The third kappa shape index (κ3) is 4.39. The molecule has 1 saturated heterocycles. The van der Waals surface area contributed by atoms with Gasteiger partial charge in [-0.1, -0.05) is 31.2 Å². The largest absolute Gasteiger partial charge is 0.367 e. The molecule has 0 aliphatic carbocycles. The van der Waals surface area contributed by atoms with Crippen molar-refractivity contribution in [2.45, 2.75) is 45.7 Å². The van der Waals surface area contributed by atoms with Crippen LogP contribution in [-0.4, -0.2) is 56.3 Å². The minimum atomic E-state index is -0.442. The number of halogens is 1. The van der Waals surface area contributed by atoms with Crippen LogP contribution >= 0.6 is 0 Å². The molecular formula is C27H32FN7O. The van der Waals surface area contributed by atoms with Gasteiger partial charge in [0.1, 0.15) is 11.9 Å². The fourth-order valence-corrected chi connectivity index (χ4v) is 4.91. The van der Waals surface area contributed by atoms with Gasteiger partial charge in [0, 0.05) is 37.3 Å². The first-order valence-electron chi connectivity index (χ1n) is 12.4. The standard InChI is InChI=1S/C27H32FN7O/c1-5-27(3,4)35-25(30-31-32-35)24(20-17-19-11-10-18(2)16-22(19)29-26(20)36)34-14-12-33(13-15-34)23-9-7-6-8-21(23)28/h6-11,16-17,24H,5,12-15H2,1-4H3,(H,29,36). The van der Waals surface area contributed by atoms with Crippen LogP contribution in [-0.2, 0) is 5.54 Å². The number of tetrazole rings is 1. The maximum absolute atomic E-state index is 14.4. The molecule has 1 unspecified atom stereocenters. The van der Waals surface area contributed by atoms with Gasteiger partial charge in [-0.2, -0.15) is 0 Å². The molecule has 3 heterocycles. The average Bonchev–Trinajstić information content (AvgIpc) is 3.36. The second-order valence-corrected chi connectivity index (χ2v) is 10.1. The first kappa shape index (κ1) is 24.1. The van der Waals surface area contributed by atoms with Gasteiger partial charge in [0.15, 0.2) is 5.82 Å². The van der Waals surface area contributed by atoms with Crippen molar-refractivity contribution in [3.8, 4) is 0 Å². The number of para-hydroxylation sites is 1. The lowest BCUT2D eigenvalue weighted by Gasteiger charge is -2.40. The average molecular weight is 490 g/mol. The van der Waals surface area contributed by atoms with Crippen molar-refractivity contribution in [1.29, 1.82) is 0 Å². The normalized spacial score (nSPS) is 16.0. The molecule has 0 amide bonds. The van der Waals surface area contributed by atoms with E-state index in [9.17, 15) is 9.18 Å². The quantitative estimate of drug-likeness (QED) is 0.441. The Balaban J connectivity index is 1.57. The molecule has 9 heteroatoms. The third-order valence-corrected chi connectivity index (χ3v) is 7.37. The highest BCUT2D eigenvalue weighted by Gasteiger charge is 2.36. The van der Waals surface area contributed by atoms with Crippen LogP contribution in [0.3, 0.4) is 0 Å². The van der Waals surface area contributed by atoms with Crippen LogP contribution in [0.25, 0.3) is 10.9 Å². The summed E-state index contributed by atoms with van der Waals surface area (Å²) in [5, 5.41) is 13.8. The molecule has 1 aliphatic rings. The highest BCUT2D eigenvalue weighted by atomic mass is 19.1. The van der Waals surface area contributed by atoms with E-state index in [-0.39, 0.29) is 16.9 Å². The number of piperazine rings is 1. The molecule has 4 aromatic rings. The van der Waals surface area contributed by atoms with E-state index in [0.29, 0.717) is 43.3 Å². The number of aryl methyl sites for hydroxylation is 1. The zero-order chi connectivity index (χ0) is 25.4. The van der Waals surface area contributed by atoms with E-state index in [1.807, 2.05) is 48.0 Å². The molecule has 0 spiro atoms. The predicted octanol–water partition coefficient (Wildman–Crippen LogP) is 4.02. The molecule has 0 radical (unpaired) electrons. The number of anilines is 1. The summed E-state index contributed by atoms with van der Waals surface area (Å²) in [4.78, 5) is 20.8. The summed E-state index contributed by atoms with van der Waals surface area (Å²) in [6.07, 6.45) is 0.826. The Morgan fingerprint density at radius 2 is 1.83 bits per heavy atom. The number of H-pyrrole nitrogens is 1. The van der Waals surface area contributed by atoms with Gasteiger partial charge in [0.25, 0.3) is 5.56 Å². The molecule has 8 nitrogen and oxygen atoms in total. The van der Waals surface area contributed by atoms with Gasteiger partial charge in [0.2, 0.25) is 0 Å². The Morgan fingerprint density at radius 3 is 2.56 bits per heavy atom. The Hall–Kier alpha value is -3.59. The van der Waals surface area contributed by atoms with Crippen LogP contribution in [0.2, 0.25) is 0 Å². The Morgan fingerprint density at radius 1 is 1.08 bits per heavy atom. The number of hydrogen-bond acceptors (Lipinski definition) is 6. The lowest BCUT2D eigenvalue weighted by atomic mass is 9.98. The maximum atomic E-state index is 14.4. The van der Waals surface area contributed by atoms with Crippen LogP contribution in [0, 0.1) is 12.7 Å². The van der Waals surface area contributed by atoms with Crippen LogP contribution in [0.1, 0.15) is 50.2 Å². The summed E-state index contributed by atoms with van der Waals surface area (Å²) in [7, 11) is 0. The van der Waals surface area contributed by atoms with Gasteiger partial charge < -0.3 is 9.88 Å². The topological polar surface area (TPSA) is 82.9 Å². The fourth-order valence-electron chi connectivity index (χ4n) is 4.91. The highest BCUT2D eigenvalue weighted by molar-refractivity contribution is 5.79. The minimum absolute atomic E-state index is 0.154. The molecule has 0 bridgehead atoms. The number of fused-ring (bicyclic) bond motifs is 1. The van der Waals surface area contributed by atoms with Crippen molar-refractivity contribution in [2.24, 2.45) is 0 Å². The molecule has 0 saturated carbocycles. The summed E-state index contributed by atoms with van der Waals surface area (Å²) in [6.45, 7) is 10.8. The number of hydrogen-bond donors (Lipinski definition) is 1. The molecule has 5 rings (SSSR count). The molecule has 2 aromatic heterocycles. The van der Waals surface area contributed by atoms with Gasteiger partial charge >= 0.3 is 0 Å².